The van der Waals surface area contributed by atoms with Crippen LogP contribution in [0.5, 0.6) is 5.75 Å². The number of carbonyl (C=O) groups is 2. The molecule has 1 amide bonds. The maximum absolute atomic E-state index is 13.7. The van der Waals surface area contributed by atoms with Crippen molar-refractivity contribution in [1.82, 2.24) is 9.88 Å². The number of amides is 1. The predicted octanol–water partition coefficient (Wildman–Crippen LogP) is 5.92. The highest BCUT2D eigenvalue weighted by Crippen LogP contribution is 2.41. The van der Waals surface area contributed by atoms with E-state index in [4.69, 9.17) is 32.4 Å². The van der Waals surface area contributed by atoms with Gasteiger partial charge in [-0.05, 0) is 47.5 Å². The van der Waals surface area contributed by atoms with Gasteiger partial charge in [-0.15, -0.1) is 0 Å². The number of methoxy groups -OCH3 is 1. The van der Waals surface area contributed by atoms with Gasteiger partial charge in [0.1, 0.15) is 0 Å². The third-order valence-corrected chi connectivity index (χ3v) is 6.30. The first-order valence-electron chi connectivity index (χ1n) is 10.6. The standard InChI is InChI=1S/C26H18Cl2N2O5/c1-34-20-12-18(28)10-16-11-19(35-25(16)20)23(31)21-22(15-2-4-17(27)5-3-15)30(26(33)24(21)32)13-14-6-8-29-9-7-14/h2-12,22,32H,13H2,1H3. The number of hydrogen-bond donors (Lipinski definition) is 1. The van der Waals surface area contributed by atoms with Crippen LogP contribution in [-0.4, -0.2) is 33.8 Å². The summed E-state index contributed by atoms with van der Waals surface area (Å²) < 4.78 is 11.1. The second kappa shape index (κ2) is 9.09. The summed E-state index contributed by atoms with van der Waals surface area (Å²) in [5.41, 5.74) is 1.65. The van der Waals surface area contributed by atoms with Crippen LogP contribution in [0.1, 0.15) is 27.7 Å². The van der Waals surface area contributed by atoms with Gasteiger partial charge in [0.05, 0.1) is 18.7 Å². The van der Waals surface area contributed by atoms with Crippen LogP contribution in [0.15, 0.2) is 82.7 Å². The maximum atomic E-state index is 13.7. The number of pyridine rings is 1. The molecule has 2 aromatic carbocycles. The zero-order chi connectivity index (χ0) is 24.7. The van der Waals surface area contributed by atoms with Crippen molar-refractivity contribution >= 4 is 45.9 Å². The highest BCUT2D eigenvalue weighted by Gasteiger charge is 2.44. The van der Waals surface area contributed by atoms with Crippen LogP contribution in [0.3, 0.4) is 0 Å². The smallest absolute Gasteiger partial charge is 0.290 e. The highest BCUT2D eigenvalue weighted by atomic mass is 35.5. The first-order valence-corrected chi connectivity index (χ1v) is 11.3. The lowest BCUT2D eigenvalue weighted by Gasteiger charge is -2.26. The third-order valence-electron chi connectivity index (χ3n) is 5.83. The van der Waals surface area contributed by atoms with Gasteiger partial charge in [0, 0.05) is 40.4 Å². The quantitative estimate of drug-likeness (QED) is 0.325. The molecule has 5 rings (SSSR count). The number of nitrogens with zero attached hydrogens (tertiary/aromatic N) is 2. The second-order valence-corrected chi connectivity index (χ2v) is 8.84. The molecule has 0 saturated heterocycles. The number of benzene rings is 2. The number of fused-ring (bicyclic) bond motifs is 1. The van der Waals surface area contributed by atoms with Gasteiger partial charge in [-0.2, -0.15) is 0 Å². The molecule has 35 heavy (non-hydrogen) atoms. The second-order valence-electron chi connectivity index (χ2n) is 7.97. The fraction of sp³-hybridized carbons (Fsp3) is 0.115. The SMILES string of the molecule is COc1cc(Cl)cc2cc(C(=O)C3=C(O)C(=O)N(Cc4ccncc4)C3c3ccc(Cl)cc3)oc12. The van der Waals surface area contributed by atoms with Crippen molar-refractivity contribution in [2.45, 2.75) is 12.6 Å². The van der Waals surface area contributed by atoms with Gasteiger partial charge in [0.15, 0.2) is 22.9 Å². The molecule has 0 fully saturated rings. The van der Waals surface area contributed by atoms with Crippen molar-refractivity contribution in [3.63, 3.8) is 0 Å². The number of rotatable bonds is 6. The van der Waals surface area contributed by atoms with Crippen LogP contribution in [0.4, 0.5) is 0 Å². The summed E-state index contributed by atoms with van der Waals surface area (Å²) in [5.74, 6) is -1.61. The number of Topliss-reactive ketones (excluding diaryl/α,β-unsaturated/α-hetero) is 1. The zero-order valence-corrected chi connectivity index (χ0v) is 19.9. The molecular weight excluding hydrogens is 491 g/mol. The van der Waals surface area contributed by atoms with Crippen molar-refractivity contribution in [3.8, 4) is 5.75 Å². The molecule has 1 atom stereocenters. The zero-order valence-electron chi connectivity index (χ0n) is 18.4. The highest BCUT2D eigenvalue weighted by molar-refractivity contribution is 6.31. The maximum Gasteiger partial charge on any atom is 0.290 e. The molecule has 4 aromatic rings. The minimum absolute atomic E-state index is 0.0559. The lowest BCUT2D eigenvalue weighted by Crippen LogP contribution is -2.30. The van der Waals surface area contributed by atoms with Crippen LogP contribution < -0.4 is 4.74 Å². The summed E-state index contributed by atoms with van der Waals surface area (Å²) in [6.07, 6.45) is 3.22. The van der Waals surface area contributed by atoms with Gasteiger partial charge in [0.2, 0.25) is 5.78 Å². The van der Waals surface area contributed by atoms with Gasteiger partial charge in [-0.25, -0.2) is 0 Å². The van der Waals surface area contributed by atoms with Crippen LogP contribution in [-0.2, 0) is 11.3 Å². The first-order chi connectivity index (χ1) is 16.9. The molecule has 0 saturated carbocycles. The van der Waals surface area contributed by atoms with Gasteiger partial charge >= 0.3 is 0 Å². The number of halogens is 2. The van der Waals surface area contributed by atoms with Crippen molar-refractivity contribution in [1.29, 1.82) is 0 Å². The molecular formula is C26H18Cl2N2O5. The normalized spacial score (nSPS) is 15.8. The average Bonchev–Trinajstić information content (AvgIpc) is 3.39. The Morgan fingerprint density at radius 2 is 1.80 bits per heavy atom. The molecule has 0 bridgehead atoms. The summed E-state index contributed by atoms with van der Waals surface area (Å²) in [4.78, 5) is 32.3. The summed E-state index contributed by atoms with van der Waals surface area (Å²) in [7, 11) is 1.46. The Morgan fingerprint density at radius 3 is 2.49 bits per heavy atom. The minimum Gasteiger partial charge on any atom is -0.503 e. The number of aromatic nitrogens is 1. The van der Waals surface area contributed by atoms with E-state index >= 15 is 0 Å². The van der Waals surface area contributed by atoms with E-state index in [-0.39, 0.29) is 17.9 Å². The number of ketones is 1. The third kappa shape index (κ3) is 4.13. The van der Waals surface area contributed by atoms with Crippen LogP contribution in [0.2, 0.25) is 10.0 Å². The minimum atomic E-state index is -0.862. The predicted molar refractivity (Wildman–Crippen MR) is 131 cm³/mol. The Hall–Kier alpha value is -3.81. The van der Waals surface area contributed by atoms with E-state index in [0.717, 1.165) is 5.56 Å². The van der Waals surface area contributed by atoms with Gasteiger partial charge in [-0.3, -0.25) is 14.6 Å². The number of ether oxygens (including phenoxy) is 1. The number of furan rings is 1. The first kappa shape index (κ1) is 23.0. The lowest BCUT2D eigenvalue weighted by molar-refractivity contribution is -0.130. The Balaban J connectivity index is 1.61. The van der Waals surface area contributed by atoms with E-state index in [9.17, 15) is 14.7 Å². The molecule has 3 heterocycles. The van der Waals surface area contributed by atoms with Gasteiger partial charge < -0.3 is 19.2 Å². The van der Waals surface area contributed by atoms with Gasteiger partial charge in [0.25, 0.3) is 5.91 Å². The van der Waals surface area contributed by atoms with Crippen molar-refractivity contribution in [3.05, 3.63) is 105 Å². The summed E-state index contributed by atoms with van der Waals surface area (Å²) in [5, 5.41) is 12.4. The summed E-state index contributed by atoms with van der Waals surface area (Å²) >= 11 is 12.2. The van der Waals surface area contributed by atoms with E-state index in [2.05, 4.69) is 4.98 Å². The molecule has 1 unspecified atom stereocenters. The Morgan fingerprint density at radius 1 is 1.09 bits per heavy atom. The van der Waals surface area contributed by atoms with E-state index in [1.54, 1.807) is 60.9 Å². The van der Waals surface area contributed by atoms with Crippen molar-refractivity contribution in [2.24, 2.45) is 0 Å². The molecule has 176 valence electrons. The number of aliphatic hydroxyl groups excluding tert-OH is 1. The Bertz CT molecular complexity index is 1480. The molecule has 0 spiro atoms. The van der Waals surface area contributed by atoms with Gasteiger partial charge in [-0.1, -0.05) is 35.3 Å². The monoisotopic (exact) mass is 508 g/mol. The average molecular weight is 509 g/mol. The molecule has 9 heteroatoms. The summed E-state index contributed by atoms with van der Waals surface area (Å²) in [6, 6.07) is 14.1. The van der Waals surface area contributed by atoms with E-state index < -0.39 is 23.5 Å². The van der Waals surface area contributed by atoms with Crippen LogP contribution in [0.25, 0.3) is 11.0 Å². The van der Waals surface area contributed by atoms with Crippen LogP contribution >= 0.6 is 23.2 Å². The molecule has 1 N–H and O–H groups in total. The fourth-order valence-electron chi connectivity index (χ4n) is 4.21. The van der Waals surface area contributed by atoms with E-state index in [0.29, 0.717) is 32.3 Å². The number of aliphatic hydroxyl groups is 1. The molecule has 0 aliphatic carbocycles. The fourth-order valence-corrected chi connectivity index (χ4v) is 4.55. The topological polar surface area (TPSA) is 92.9 Å². The number of carbonyl (C=O) groups excluding carboxylic acids is 2. The lowest BCUT2D eigenvalue weighted by atomic mass is 9.95. The summed E-state index contributed by atoms with van der Waals surface area (Å²) in [6.45, 7) is 0.152. The number of hydrogen-bond acceptors (Lipinski definition) is 6. The molecule has 7 nitrogen and oxygen atoms in total. The molecule has 0 radical (unpaired) electrons. The molecule has 1 aliphatic rings. The Kier molecular flexibility index (Phi) is 5.96. The molecule has 2 aromatic heterocycles. The molecule has 1 aliphatic heterocycles. The van der Waals surface area contributed by atoms with Crippen LogP contribution in [0, 0.1) is 0 Å². The van der Waals surface area contributed by atoms with Crippen molar-refractivity contribution < 1.29 is 23.8 Å². The largest absolute Gasteiger partial charge is 0.503 e. The Labute approximate surface area is 210 Å². The van der Waals surface area contributed by atoms with Crippen molar-refractivity contribution in [2.75, 3.05) is 7.11 Å². The van der Waals surface area contributed by atoms with E-state index in [1.807, 2.05) is 0 Å². The van der Waals surface area contributed by atoms with E-state index in [1.165, 1.54) is 18.1 Å².